The predicted octanol–water partition coefficient (Wildman–Crippen LogP) is 2.92. The molecule has 0 bridgehead atoms. The van der Waals surface area contributed by atoms with E-state index in [1.807, 2.05) is 54.6 Å². The van der Waals surface area contributed by atoms with Crippen molar-refractivity contribution in [1.29, 1.82) is 0 Å². The van der Waals surface area contributed by atoms with E-state index in [1.54, 1.807) is 6.92 Å². The van der Waals surface area contributed by atoms with E-state index >= 15 is 0 Å². The molecule has 0 aliphatic carbocycles. The highest BCUT2D eigenvalue weighted by molar-refractivity contribution is 5.94. The molecule has 1 atom stereocenters. The van der Waals surface area contributed by atoms with Crippen molar-refractivity contribution in [2.24, 2.45) is 0 Å². The van der Waals surface area contributed by atoms with Gasteiger partial charge in [-0.1, -0.05) is 30.3 Å². The largest absolute Gasteiger partial charge is 0.481 e. The highest BCUT2D eigenvalue weighted by atomic mass is 16.5. The van der Waals surface area contributed by atoms with Gasteiger partial charge in [0.05, 0.1) is 13.2 Å². The third kappa shape index (κ3) is 5.31. The summed E-state index contributed by atoms with van der Waals surface area (Å²) in [5, 5.41) is 2.90. The smallest absolute Gasteiger partial charge is 0.265 e. The monoisotopic (exact) mass is 340 g/mol. The lowest BCUT2D eigenvalue weighted by Crippen LogP contribution is -2.35. The van der Waals surface area contributed by atoms with Gasteiger partial charge in [0.1, 0.15) is 5.75 Å². The lowest BCUT2D eigenvalue weighted by molar-refractivity contribution is -0.122. The molecule has 1 saturated heterocycles. The van der Waals surface area contributed by atoms with Crippen molar-refractivity contribution in [2.75, 3.05) is 31.6 Å². The summed E-state index contributed by atoms with van der Waals surface area (Å²) >= 11 is 0. The van der Waals surface area contributed by atoms with Crippen molar-refractivity contribution in [3.63, 3.8) is 0 Å². The number of amides is 1. The van der Waals surface area contributed by atoms with Crippen LogP contribution in [0.15, 0.2) is 54.6 Å². The first kappa shape index (κ1) is 17.5. The van der Waals surface area contributed by atoms with Crippen LogP contribution in [0.2, 0.25) is 0 Å². The fraction of sp³-hybridized carbons (Fsp3) is 0.350. The van der Waals surface area contributed by atoms with Crippen LogP contribution in [0.3, 0.4) is 0 Å². The third-order valence-corrected chi connectivity index (χ3v) is 4.16. The highest BCUT2D eigenvalue weighted by Gasteiger charge is 2.15. The van der Waals surface area contributed by atoms with Crippen molar-refractivity contribution in [3.8, 4) is 5.75 Å². The number of anilines is 1. The Hall–Kier alpha value is -2.37. The van der Waals surface area contributed by atoms with Gasteiger partial charge < -0.3 is 14.8 Å². The number of ether oxygens (including phenoxy) is 2. The maximum atomic E-state index is 12.3. The van der Waals surface area contributed by atoms with E-state index in [0.29, 0.717) is 5.75 Å². The summed E-state index contributed by atoms with van der Waals surface area (Å²) in [5.41, 5.74) is 2.01. The summed E-state index contributed by atoms with van der Waals surface area (Å²) in [7, 11) is 0. The summed E-state index contributed by atoms with van der Waals surface area (Å²) in [6.07, 6.45) is -0.560. The molecular formula is C20H24N2O3. The normalized spacial score (nSPS) is 16.2. The van der Waals surface area contributed by atoms with Crippen LogP contribution in [0.25, 0.3) is 0 Å². The van der Waals surface area contributed by atoms with Crippen LogP contribution in [0.1, 0.15) is 12.5 Å². The Balaban J connectivity index is 1.51. The molecule has 1 amide bonds. The first-order chi connectivity index (χ1) is 12.2. The second-order valence-electron chi connectivity index (χ2n) is 6.15. The molecule has 1 fully saturated rings. The molecular weight excluding hydrogens is 316 g/mol. The minimum Gasteiger partial charge on any atom is -0.481 e. The topological polar surface area (TPSA) is 50.8 Å². The molecule has 1 aliphatic rings. The van der Waals surface area contributed by atoms with Crippen molar-refractivity contribution >= 4 is 11.6 Å². The first-order valence-corrected chi connectivity index (χ1v) is 8.62. The number of benzene rings is 2. The molecule has 2 aromatic rings. The fourth-order valence-corrected chi connectivity index (χ4v) is 2.71. The van der Waals surface area contributed by atoms with Gasteiger partial charge in [-0.25, -0.2) is 0 Å². The molecule has 0 radical (unpaired) electrons. The van der Waals surface area contributed by atoms with Crippen LogP contribution in [0, 0.1) is 0 Å². The number of carbonyl (C=O) groups excluding carboxylic acids is 1. The number of hydrogen-bond acceptors (Lipinski definition) is 4. The SMILES string of the molecule is C[C@@H](Oc1ccccc1)C(=O)Nc1ccc(CN2CCOCC2)cc1. The van der Waals surface area contributed by atoms with E-state index < -0.39 is 6.10 Å². The van der Waals surface area contributed by atoms with E-state index in [9.17, 15) is 4.79 Å². The van der Waals surface area contributed by atoms with Gasteiger partial charge in [0.15, 0.2) is 6.10 Å². The van der Waals surface area contributed by atoms with Crippen LogP contribution in [0.5, 0.6) is 5.75 Å². The number of carbonyl (C=O) groups is 1. The molecule has 1 heterocycles. The van der Waals surface area contributed by atoms with E-state index in [-0.39, 0.29) is 5.91 Å². The molecule has 5 heteroatoms. The maximum Gasteiger partial charge on any atom is 0.265 e. The Labute approximate surface area is 148 Å². The van der Waals surface area contributed by atoms with Gasteiger partial charge in [0.25, 0.3) is 5.91 Å². The second-order valence-corrected chi connectivity index (χ2v) is 6.15. The Bertz CT molecular complexity index is 667. The molecule has 0 saturated carbocycles. The molecule has 3 rings (SSSR count). The van der Waals surface area contributed by atoms with E-state index in [1.165, 1.54) is 5.56 Å². The van der Waals surface area contributed by atoms with Crippen LogP contribution in [-0.4, -0.2) is 43.2 Å². The molecule has 25 heavy (non-hydrogen) atoms. The molecule has 132 valence electrons. The summed E-state index contributed by atoms with van der Waals surface area (Å²) in [6, 6.07) is 17.3. The quantitative estimate of drug-likeness (QED) is 0.878. The van der Waals surface area contributed by atoms with Gasteiger partial charge in [-0.15, -0.1) is 0 Å². The number of morpholine rings is 1. The number of para-hydroxylation sites is 1. The van der Waals surface area contributed by atoms with Crippen molar-refractivity contribution in [1.82, 2.24) is 4.90 Å². The van der Waals surface area contributed by atoms with Gasteiger partial charge in [0.2, 0.25) is 0 Å². The zero-order valence-corrected chi connectivity index (χ0v) is 14.5. The van der Waals surface area contributed by atoms with Crippen LogP contribution in [0.4, 0.5) is 5.69 Å². The standard InChI is InChI=1S/C20H24N2O3/c1-16(25-19-5-3-2-4-6-19)20(23)21-18-9-7-17(8-10-18)15-22-11-13-24-14-12-22/h2-10,16H,11-15H2,1H3,(H,21,23)/t16-/m1/s1. The van der Waals surface area contributed by atoms with Crippen molar-refractivity contribution in [3.05, 3.63) is 60.2 Å². The Morgan fingerprint density at radius 1 is 1.12 bits per heavy atom. The fourth-order valence-electron chi connectivity index (χ4n) is 2.71. The molecule has 5 nitrogen and oxygen atoms in total. The van der Waals surface area contributed by atoms with Gasteiger partial charge in [-0.05, 0) is 36.8 Å². The van der Waals surface area contributed by atoms with Crippen molar-refractivity contribution in [2.45, 2.75) is 19.6 Å². The van der Waals surface area contributed by atoms with Crippen LogP contribution >= 0.6 is 0 Å². The average Bonchev–Trinajstić information content (AvgIpc) is 2.65. The number of hydrogen-bond donors (Lipinski definition) is 1. The van der Waals surface area contributed by atoms with Gasteiger partial charge in [-0.2, -0.15) is 0 Å². The minimum atomic E-state index is -0.560. The van der Waals surface area contributed by atoms with Gasteiger partial charge in [-0.3, -0.25) is 9.69 Å². The zero-order valence-electron chi connectivity index (χ0n) is 14.5. The Kier molecular flexibility index (Phi) is 6.04. The number of nitrogens with one attached hydrogen (secondary N) is 1. The summed E-state index contributed by atoms with van der Waals surface area (Å²) in [5.74, 6) is 0.524. The summed E-state index contributed by atoms with van der Waals surface area (Å²) in [4.78, 5) is 14.6. The number of nitrogens with zero attached hydrogens (tertiary/aromatic N) is 1. The van der Waals surface area contributed by atoms with E-state index in [2.05, 4.69) is 10.2 Å². The van der Waals surface area contributed by atoms with Crippen molar-refractivity contribution < 1.29 is 14.3 Å². The summed E-state index contributed by atoms with van der Waals surface area (Å²) < 4.78 is 11.0. The van der Waals surface area contributed by atoms with Gasteiger partial charge in [0, 0.05) is 25.3 Å². The zero-order chi connectivity index (χ0) is 17.5. The molecule has 1 aliphatic heterocycles. The molecule has 0 aromatic heterocycles. The molecule has 2 aromatic carbocycles. The predicted molar refractivity (Wildman–Crippen MR) is 97.7 cm³/mol. The Morgan fingerprint density at radius 3 is 2.48 bits per heavy atom. The highest BCUT2D eigenvalue weighted by Crippen LogP contribution is 2.15. The molecule has 1 N–H and O–H groups in total. The third-order valence-electron chi connectivity index (χ3n) is 4.16. The molecule has 0 unspecified atom stereocenters. The van der Waals surface area contributed by atoms with Gasteiger partial charge >= 0.3 is 0 Å². The lowest BCUT2D eigenvalue weighted by atomic mass is 10.2. The van der Waals surface area contributed by atoms with E-state index in [4.69, 9.17) is 9.47 Å². The average molecular weight is 340 g/mol. The number of rotatable bonds is 6. The first-order valence-electron chi connectivity index (χ1n) is 8.62. The lowest BCUT2D eigenvalue weighted by Gasteiger charge is -2.26. The summed E-state index contributed by atoms with van der Waals surface area (Å²) in [6.45, 7) is 6.18. The second kappa shape index (κ2) is 8.65. The maximum absolute atomic E-state index is 12.3. The van der Waals surface area contributed by atoms with E-state index in [0.717, 1.165) is 38.5 Å². The Morgan fingerprint density at radius 2 is 1.80 bits per heavy atom. The minimum absolute atomic E-state index is 0.162. The van der Waals surface area contributed by atoms with Crippen LogP contribution < -0.4 is 10.1 Å². The van der Waals surface area contributed by atoms with Crippen LogP contribution in [-0.2, 0) is 16.1 Å². The molecule has 0 spiro atoms.